The summed E-state index contributed by atoms with van der Waals surface area (Å²) >= 11 is 3.37. The number of anilines is 1. The van der Waals surface area contributed by atoms with Crippen LogP contribution in [-0.4, -0.2) is 17.8 Å². The second-order valence-corrected chi connectivity index (χ2v) is 8.15. The van der Waals surface area contributed by atoms with Crippen molar-refractivity contribution in [2.24, 2.45) is 0 Å². The summed E-state index contributed by atoms with van der Waals surface area (Å²) in [6.07, 6.45) is 1.46. The molecule has 0 atom stereocenters. The molecule has 1 fully saturated rings. The number of carbonyl (C=O) groups excluding carboxylic acids is 3. The second kappa shape index (κ2) is 9.20. The fourth-order valence-electron chi connectivity index (χ4n) is 3.31. The quantitative estimate of drug-likeness (QED) is 0.403. The van der Waals surface area contributed by atoms with Gasteiger partial charge >= 0.3 is 6.03 Å². The van der Waals surface area contributed by atoms with E-state index in [1.807, 2.05) is 30.3 Å². The van der Waals surface area contributed by atoms with Crippen LogP contribution in [0.15, 0.2) is 82.8 Å². The van der Waals surface area contributed by atoms with Crippen molar-refractivity contribution in [3.8, 4) is 5.75 Å². The molecule has 1 heterocycles. The number of imide groups is 2. The van der Waals surface area contributed by atoms with E-state index in [-0.39, 0.29) is 5.57 Å². The zero-order valence-electron chi connectivity index (χ0n) is 17.2. The first kappa shape index (κ1) is 21.5. The van der Waals surface area contributed by atoms with Crippen molar-refractivity contribution in [3.63, 3.8) is 0 Å². The normalized spacial score (nSPS) is 15.1. The largest absolute Gasteiger partial charge is 0.489 e. The highest BCUT2D eigenvalue weighted by Gasteiger charge is 2.37. The van der Waals surface area contributed by atoms with Gasteiger partial charge in [-0.05, 0) is 60.0 Å². The van der Waals surface area contributed by atoms with Crippen LogP contribution in [0.4, 0.5) is 10.5 Å². The minimum Gasteiger partial charge on any atom is -0.489 e. The molecule has 6 nitrogen and oxygen atoms in total. The molecule has 3 aromatic carbocycles. The fourth-order valence-corrected chi connectivity index (χ4v) is 3.79. The summed E-state index contributed by atoms with van der Waals surface area (Å²) in [7, 11) is 0. The molecule has 0 aromatic heterocycles. The van der Waals surface area contributed by atoms with Crippen LogP contribution in [0.25, 0.3) is 6.08 Å². The molecule has 3 aromatic rings. The monoisotopic (exact) mass is 490 g/mol. The Labute approximate surface area is 193 Å². The number of halogens is 1. The number of barbiturate groups is 1. The van der Waals surface area contributed by atoms with Crippen LogP contribution in [0.1, 0.15) is 16.7 Å². The van der Waals surface area contributed by atoms with E-state index in [4.69, 9.17) is 4.74 Å². The van der Waals surface area contributed by atoms with Crippen LogP contribution in [-0.2, 0) is 16.2 Å². The van der Waals surface area contributed by atoms with Crippen LogP contribution in [0.2, 0.25) is 0 Å². The van der Waals surface area contributed by atoms with Gasteiger partial charge in [0.05, 0.1) is 5.69 Å². The zero-order chi connectivity index (χ0) is 22.7. The van der Waals surface area contributed by atoms with Gasteiger partial charge in [-0.1, -0.05) is 58.4 Å². The number of carbonyl (C=O) groups is 3. The smallest absolute Gasteiger partial charge is 0.335 e. The molecular weight excluding hydrogens is 472 g/mol. The number of nitrogens with one attached hydrogen (secondary N) is 1. The molecular formula is C25H19BrN2O4. The highest BCUT2D eigenvalue weighted by Crippen LogP contribution is 2.27. The molecule has 0 aliphatic carbocycles. The predicted octanol–water partition coefficient (Wildman–Crippen LogP) is 5.00. The number of rotatable bonds is 5. The maximum absolute atomic E-state index is 13.1. The van der Waals surface area contributed by atoms with Crippen molar-refractivity contribution in [2.75, 3.05) is 4.90 Å². The Morgan fingerprint density at radius 1 is 0.969 bits per heavy atom. The molecule has 160 valence electrons. The van der Waals surface area contributed by atoms with Crippen molar-refractivity contribution in [2.45, 2.75) is 13.5 Å². The zero-order valence-corrected chi connectivity index (χ0v) is 18.8. The Balaban J connectivity index is 1.55. The number of nitrogens with zero attached hydrogens (tertiary/aromatic N) is 1. The maximum atomic E-state index is 13.1. The lowest BCUT2D eigenvalue weighted by atomic mass is 10.1. The minimum atomic E-state index is -0.771. The first-order valence-corrected chi connectivity index (χ1v) is 10.7. The number of amides is 4. The Morgan fingerprint density at radius 3 is 2.38 bits per heavy atom. The lowest BCUT2D eigenvalue weighted by molar-refractivity contribution is -0.122. The van der Waals surface area contributed by atoms with E-state index in [0.29, 0.717) is 23.6 Å². The first-order valence-electron chi connectivity index (χ1n) is 9.87. The van der Waals surface area contributed by atoms with E-state index < -0.39 is 17.8 Å². The third-order valence-electron chi connectivity index (χ3n) is 4.94. The molecule has 0 bridgehead atoms. The van der Waals surface area contributed by atoms with Crippen molar-refractivity contribution < 1.29 is 19.1 Å². The summed E-state index contributed by atoms with van der Waals surface area (Å²) in [5.74, 6) is -0.735. The molecule has 1 aliphatic heterocycles. The topological polar surface area (TPSA) is 75.7 Å². The van der Waals surface area contributed by atoms with Gasteiger partial charge in [-0.15, -0.1) is 0 Å². The van der Waals surface area contributed by atoms with Crippen molar-refractivity contribution in [3.05, 3.63) is 99.5 Å². The van der Waals surface area contributed by atoms with Crippen LogP contribution in [0.5, 0.6) is 5.75 Å². The summed E-state index contributed by atoms with van der Waals surface area (Å²) < 4.78 is 6.59. The fraction of sp³-hybridized carbons (Fsp3) is 0.0800. The number of ether oxygens (including phenoxy) is 1. The van der Waals surface area contributed by atoms with Gasteiger partial charge < -0.3 is 4.74 Å². The lowest BCUT2D eigenvalue weighted by Crippen LogP contribution is -2.54. The molecule has 32 heavy (non-hydrogen) atoms. The molecule has 1 saturated heterocycles. The molecule has 1 aliphatic rings. The third-order valence-corrected chi connectivity index (χ3v) is 5.43. The molecule has 0 saturated carbocycles. The second-order valence-electron chi connectivity index (χ2n) is 7.23. The molecule has 4 amide bonds. The Morgan fingerprint density at radius 2 is 1.69 bits per heavy atom. The molecule has 0 spiro atoms. The van der Waals surface area contributed by atoms with Gasteiger partial charge in [0.1, 0.15) is 17.9 Å². The van der Waals surface area contributed by atoms with Crippen LogP contribution in [0, 0.1) is 6.92 Å². The molecule has 0 unspecified atom stereocenters. The van der Waals surface area contributed by atoms with Crippen molar-refractivity contribution >= 4 is 45.5 Å². The number of urea groups is 1. The lowest BCUT2D eigenvalue weighted by Gasteiger charge is -2.27. The van der Waals surface area contributed by atoms with E-state index in [2.05, 4.69) is 21.2 Å². The summed E-state index contributed by atoms with van der Waals surface area (Å²) in [6, 6.07) is 21.2. The Hall–Kier alpha value is -3.71. The Kier molecular flexibility index (Phi) is 6.18. The van der Waals surface area contributed by atoms with Gasteiger partial charge in [0, 0.05) is 4.47 Å². The van der Waals surface area contributed by atoms with Gasteiger partial charge in [-0.3, -0.25) is 14.9 Å². The van der Waals surface area contributed by atoms with Gasteiger partial charge in [0.2, 0.25) is 0 Å². The molecule has 1 N–H and O–H groups in total. The summed E-state index contributed by atoms with van der Waals surface area (Å²) in [4.78, 5) is 38.8. The Bertz CT molecular complexity index is 1220. The average molecular weight is 491 g/mol. The van der Waals surface area contributed by atoms with Crippen LogP contribution >= 0.6 is 15.9 Å². The highest BCUT2D eigenvalue weighted by atomic mass is 79.9. The van der Waals surface area contributed by atoms with Gasteiger partial charge in [-0.25, -0.2) is 9.69 Å². The molecule has 7 heteroatoms. The van der Waals surface area contributed by atoms with Crippen molar-refractivity contribution in [1.82, 2.24) is 5.32 Å². The number of aryl methyl sites for hydroxylation is 1. The SMILES string of the molecule is Cc1cc(Br)ccc1N1C(=O)NC(=O)/C(=C/c2ccc(OCc3ccccc3)cc2)C1=O. The van der Waals surface area contributed by atoms with E-state index in [9.17, 15) is 14.4 Å². The predicted molar refractivity (Wildman–Crippen MR) is 125 cm³/mol. The van der Waals surface area contributed by atoms with Gasteiger partial charge in [0.15, 0.2) is 0 Å². The number of benzene rings is 3. The number of hydrogen-bond donors (Lipinski definition) is 1. The van der Waals surface area contributed by atoms with E-state index in [1.165, 1.54) is 6.08 Å². The highest BCUT2D eigenvalue weighted by molar-refractivity contribution is 9.10. The van der Waals surface area contributed by atoms with Gasteiger partial charge in [-0.2, -0.15) is 0 Å². The average Bonchev–Trinajstić information content (AvgIpc) is 2.78. The number of hydrogen-bond acceptors (Lipinski definition) is 4. The summed E-state index contributed by atoms with van der Waals surface area (Å²) in [5, 5.41) is 2.24. The minimum absolute atomic E-state index is 0.120. The molecule has 0 radical (unpaired) electrons. The summed E-state index contributed by atoms with van der Waals surface area (Å²) in [5.41, 5.74) is 2.70. The van der Waals surface area contributed by atoms with Crippen molar-refractivity contribution in [1.29, 1.82) is 0 Å². The summed E-state index contributed by atoms with van der Waals surface area (Å²) in [6.45, 7) is 2.22. The third kappa shape index (κ3) is 4.63. The van der Waals surface area contributed by atoms with Gasteiger partial charge in [0.25, 0.3) is 11.8 Å². The van der Waals surface area contributed by atoms with E-state index in [1.54, 1.807) is 49.4 Å². The van der Waals surface area contributed by atoms with E-state index in [0.717, 1.165) is 20.5 Å². The molecule has 4 rings (SSSR count). The maximum Gasteiger partial charge on any atom is 0.335 e. The standard InChI is InChI=1S/C25H19BrN2O4/c1-16-13-19(26)9-12-22(16)28-24(30)21(23(29)27-25(28)31)14-17-7-10-20(11-8-17)32-15-18-5-3-2-4-6-18/h2-14H,15H2,1H3,(H,27,29,31)/b21-14-. The van der Waals surface area contributed by atoms with E-state index >= 15 is 0 Å². The van der Waals surface area contributed by atoms with Crippen LogP contribution < -0.4 is 15.0 Å². The van der Waals surface area contributed by atoms with Crippen LogP contribution in [0.3, 0.4) is 0 Å². The first-order chi connectivity index (χ1) is 15.4.